The second-order valence-corrected chi connectivity index (χ2v) is 12.4. The molecule has 8 nitrogen and oxygen atoms in total. The van der Waals surface area contributed by atoms with Crippen molar-refractivity contribution in [3.05, 3.63) is 75.5 Å². The molecule has 0 spiro atoms. The van der Waals surface area contributed by atoms with Crippen LogP contribution in [0, 0.1) is 6.92 Å². The van der Waals surface area contributed by atoms with Crippen molar-refractivity contribution in [1.29, 1.82) is 0 Å². The number of rotatable bonds is 6. The maximum Gasteiger partial charge on any atom is 0.266 e. The van der Waals surface area contributed by atoms with E-state index in [-0.39, 0.29) is 39.1 Å². The first-order chi connectivity index (χ1) is 17.7. The normalized spacial score (nSPS) is 17.7. The van der Waals surface area contributed by atoms with E-state index >= 15 is 0 Å². The lowest BCUT2D eigenvalue weighted by Crippen LogP contribution is -2.36. The standard InChI is InChI=1S/C25H22ClN3O5S3/c1-16-6-8-18(9-7-16)37(31,32)22-24(28-10-12-33-13-11-28)34-21(27-22)14-20-23(30)29(25(35)36-20)15-17-4-2-3-5-19(17)26/h2-9,14H,10-13,15H2,1H3. The van der Waals surface area contributed by atoms with Crippen molar-refractivity contribution in [3.8, 4) is 0 Å². The zero-order chi connectivity index (χ0) is 26.2. The van der Waals surface area contributed by atoms with Gasteiger partial charge in [-0.1, -0.05) is 71.5 Å². The van der Waals surface area contributed by atoms with Gasteiger partial charge in [-0.25, -0.2) is 8.42 Å². The summed E-state index contributed by atoms with van der Waals surface area (Å²) in [5.74, 6) is -0.198. The number of nitrogens with zero attached hydrogens (tertiary/aromatic N) is 3. The summed E-state index contributed by atoms with van der Waals surface area (Å²) in [6, 6.07) is 13.8. The van der Waals surface area contributed by atoms with Crippen LogP contribution in [-0.4, -0.2) is 54.8 Å². The highest BCUT2D eigenvalue weighted by atomic mass is 35.5. The average molecular weight is 576 g/mol. The minimum Gasteiger partial charge on any atom is -0.420 e. The van der Waals surface area contributed by atoms with Crippen LogP contribution in [0.4, 0.5) is 5.88 Å². The molecule has 2 saturated heterocycles. The minimum atomic E-state index is -3.99. The maximum atomic E-state index is 13.5. The second kappa shape index (κ2) is 10.6. The fourth-order valence-corrected chi connectivity index (χ4v) is 6.63. The van der Waals surface area contributed by atoms with Gasteiger partial charge in [-0.2, -0.15) is 4.98 Å². The summed E-state index contributed by atoms with van der Waals surface area (Å²) in [7, 11) is -3.99. The Hall–Kier alpha value is -2.70. The lowest BCUT2D eigenvalue weighted by molar-refractivity contribution is -0.122. The first-order valence-electron chi connectivity index (χ1n) is 11.4. The van der Waals surface area contributed by atoms with E-state index in [0.717, 1.165) is 22.9 Å². The van der Waals surface area contributed by atoms with E-state index in [1.807, 2.05) is 25.1 Å². The summed E-state index contributed by atoms with van der Waals surface area (Å²) in [5.41, 5.74) is 1.70. The van der Waals surface area contributed by atoms with Gasteiger partial charge in [0.2, 0.25) is 26.6 Å². The zero-order valence-electron chi connectivity index (χ0n) is 19.7. The molecule has 3 aromatic rings. The zero-order valence-corrected chi connectivity index (χ0v) is 22.9. The molecule has 192 valence electrons. The Morgan fingerprint density at radius 3 is 2.54 bits per heavy atom. The number of carbonyl (C=O) groups is 1. The molecule has 1 aromatic heterocycles. The molecule has 0 N–H and O–H groups in total. The van der Waals surface area contributed by atoms with Crippen molar-refractivity contribution in [2.24, 2.45) is 0 Å². The monoisotopic (exact) mass is 575 g/mol. The summed E-state index contributed by atoms with van der Waals surface area (Å²) >= 11 is 12.8. The van der Waals surface area contributed by atoms with Crippen molar-refractivity contribution >= 4 is 67.6 Å². The average Bonchev–Trinajstić information content (AvgIpc) is 3.43. The van der Waals surface area contributed by atoms with Gasteiger partial charge in [0.25, 0.3) is 5.91 Å². The van der Waals surface area contributed by atoms with E-state index in [9.17, 15) is 13.2 Å². The third-order valence-corrected chi connectivity index (χ3v) is 9.31. The molecule has 0 saturated carbocycles. The van der Waals surface area contributed by atoms with Gasteiger partial charge in [0, 0.05) is 24.2 Å². The molecule has 0 aliphatic carbocycles. The molecule has 0 atom stereocenters. The van der Waals surface area contributed by atoms with Gasteiger partial charge in [0.05, 0.1) is 29.6 Å². The number of benzene rings is 2. The minimum absolute atomic E-state index is 0.00502. The molecular weight excluding hydrogens is 554 g/mol. The summed E-state index contributed by atoms with van der Waals surface area (Å²) in [5, 5.41) is 0.338. The number of ether oxygens (including phenoxy) is 1. The number of aryl methyl sites for hydroxylation is 1. The summed E-state index contributed by atoms with van der Waals surface area (Å²) in [6.45, 7) is 3.86. The van der Waals surface area contributed by atoms with Gasteiger partial charge >= 0.3 is 0 Å². The summed E-state index contributed by atoms with van der Waals surface area (Å²) in [4.78, 5) is 21.1. The molecule has 37 heavy (non-hydrogen) atoms. The predicted molar refractivity (Wildman–Crippen MR) is 146 cm³/mol. The predicted octanol–water partition coefficient (Wildman–Crippen LogP) is 4.71. The van der Waals surface area contributed by atoms with Gasteiger partial charge < -0.3 is 14.1 Å². The van der Waals surface area contributed by atoms with Crippen molar-refractivity contribution in [2.45, 2.75) is 23.4 Å². The molecule has 0 radical (unpaired) electrons. The first-order valence-corrected chi connectivity index (χ1v) is 14.5. The summed E-state index contributed by atoms with van der Waals surface area (Å²) < 4.78 is 38.8. The first kappa shape index (κ1) is 25.9. The van der Waals surface area contributed by atoms with Crippen LogP contribution in [0.3, 0.4) is 0 Å². The Labute approximate surface area is 229 Å². The number of halogens is 1. The van der Waals surface area contributed by atoms with Gasteiger partial charge in [-0.05, 0) is 30.7 Å². The van der Waals surface area contributed by atoms with Crippen LogP contribution in [0.5, 0.6) is 0 Å². The van der Waals surface area contributed by atoms with E-state index < -0.39 is 9.84 Å². The fourth-order valence-electron chi connectivity index (χ4n) is 3.89. The largest absolute Gasteiger partial charge is 0.420 e. The van der Waals surface area contributed by atoms with Crippen LogP contribution < -0.4 is 4.90 Å². The highest BCUT2D eigenvalue weighted by molar-refractivity contribution is 8.26. The Bertz CT molecular complexity index is 1500. The molecule has 5 rings (SSSR count). The van der Waals surface area contributed by atoms with E-state index in [0.29, 0.717) is 35.6 Å². The van der Waals surface area contributed by atoms with Gasteiger partial charge in [0.15, 0.2) is 0 Å². The van der Waals surface area contributed by atoms with E-state index in [1.165, 1.54) is 11.0 Å². The Morgan fingerprint density at radius 2 is 1.84 bits per heavy atom. The highest BCUT2D eigenvalue weighted by Crippen LogP contribution is 2.37. The van der Waals surface area contributed by atoms with Crippen LogP contribution in [0.1, 0.15) is 17.0 Å². The SMILES string of the molecule is Cc1ccc(S(=O)(=O)c2nc(C=C3SC(=S)N(Cc4ccccc4Cl)C3=O)oc2N2CCOCC2)cc1. The number of thiocarbonyl (C=S) groups is 1. The molecule has 0 bridgehead atoms. The van der Waals surface area contributed by atoms with Crippen LogP contribution >= 0.6 is 35.6 Å². The fraction of sp³-hybridized carbons (Fsp3) is 0.240. The number of aromatic nitrogens is 1. The Kier molecular flexibility index (Phi) is 7.42. The highest BCUT2D eigenvalue weighted by Gasteiger charge is 2.35. The number of carbonyl (C=O) groups excluding carboxylic acids is 1. The van der Waals surface area contributed by atoms with Crippen LogP contribution in [0.15, 0.2) is 67.8 Å². The third-order valence-electron chi connectivity index (χ3n) is 5.89. The molecule has 0 unspecified atom stereocenters. The number of amides is 1. The number of thioether (sulfide) groups is 1. The molecule has 2 aromatic carbocycles. The smallest absolute Gasteiger partial charge is 0.266 e. The molecule has 12 heteroatoms. The van der Waals surface area contributed by atoms with Crippen LogP contribution in [0.2, 0.25) is 5.02 Å². The lowest BCUT2D eigenvalue weighted by Gasteiger charge is -2.26. The van der Waals surface area contributed by atoms with E-state index in [2.05, 4.69) is 4.98 Å². The van der Waals surface area contributed by atoms with Gasteiger partial charge in [-0.15, -0.1) is 0 Å². The molecule has 2 aliphatic rings. The number of hydrogen-bond acceptors (Lipinski definition) is 9. The number of morpholine rings is 1. The van der Waals surface area contributed by atoms with E-state index in [1.54, 1.807) is 35.2 Å². The molecular formula is C25H22ClN3O5S3. The van der Waals surface area contributed by atoms with Gasteiger partial charge in [0.1, 0.15) is 4.32 Å². The second-order valence-electron chi connectivity index (χ2n) is 8.44. The Balaban J connectivity index is 1.50. The number of sulfone groups is 1. The van der Waals surface area contributed by atoms with Crippen molar-refractivity contribution < 1.29 is 22.4 Å². The molecule has 2 aliphatic heterocycles. The number of anilines is 1. The third kappa shape index (κ3) is 5.32. The lowest BCUT2D eigenvalue weighted by atomic mass is 10.2. The molecule has 3 heterocycles. The van der Waals surface area contributed by atoms with Crippen molar-refractivity contribution in [3.63, 3.8) is 0 Å². The molecule has 2 fully saturated rings. The maximum absolute atomic E-state index is 13.5. The molecule has 1 amide bonds. The van der Waals surface area contributed by atoms with Crippen LogP contribution in [0.25, 0.3) is 6.08 Å². The topological polar surface area (TPSA) is 93.0 Å². The quantitative estimate of drug-likeness (QED) is 0.306. The number of hydrogen-bond donors (Lipinski definition) is 0. The number of oxazole rings is 1. The van der Waals surface area contributed by atoms with Gasteiger partial charge in [-0.3, -0.25) is 9.69 Å². The van der Waals surface area contributed by atoms with Crippen molar-refractivity contribution in [2.75, 3.05) is 31.2 Å². The summed E-state index contributed by atoms with van der Waals surface area (Å²) in [6.07, 6.45) is 1.43. The Morgan fingerprint density at radius 1 is 1.14 bits per heavy atom. The van der Waals surface area contributed by atoms with Crippen molar-refractivity contribution in [1.82, 2.24) is 9.88 Å². The van der Waals surface area contributed by atoms with Crippen LogP contribution in [-0.2, 0) is 25.9 Å². The van der Waals surface area contributed by atoms with E-state index in [4.69, 9.17) is 33.0 Å².